The van der Waals surface area contributed by atoms with Crippen LogP contribution in [-0.2, 0) is 28.5 Å². The SMILES string of the molecule is COc1ccc2[nH]c(=O)c(CN(Cc3ccco3)S(=O)(=O)c3ccc(C(C)(C)C)cc3)cc2c1. The third kappa shape index (κ3) is 4.93. The van der Waals surface area contributed by atoms with Crippen molar-refractivity contribution in [1.29, 1.82) is 0 Å². The van der Waals surface area contributed by atoms with Gasteiger partial charge in [-0.25, -0.2) is 8.42 Å². The van der Waals surface area contributed by atoms with E-state index in [0.29, 0.717) is 22.6 Å². The monoisotopic (exact) mass is 480 g/mol. The molecule has 0 fully saturated rings. The first-order valence-electron chi connectivity index (χ1n) is 10.9. The lowest BCUT2D eigenvalue weighted by Gasteiger charge is -2.23. The van der Waals surface area contributed by atoms with E-state index in [9.17, 15) is 13.2 Å². The van der Waals surface area contributed by atoms with Crippen LogP contribution in [0.5, 0.6) is 5.75 Å². The summed E-state index contributed by atoms with van der Waals surface area (Å²) in [6, 6.07) is 17.3. The molecular formula is C26H28N2O5S. The minimum atomic E-state index is -3.92. The van der Waals surface area contributed by atoms with Crippen molar-refractivity contribution in [2.24, 2.45) is 0 Å². The Morgan fingerprint density at radius 1 is 1.00 bits per heavy atom. The third-order valence-corrected chi connectivity index (χ3v) is 7.55. The predicted molar refractivity (Wildman–Crippen MR) is 131 cm³/mol. The summed E-state index contributed by atoms with van der Waals surface area (Å²) in [5, 5.41) is 0.749. The molecule has 0 aliphatic heterocycles. The molecule has 0 amide bonds. The number of furan rings is 1. The van der Waals surface area contributed by atoms with Crippen molar-refractivity contribution in [3.8, 4) is 5.75 Å². The van der Waals surface area contributed by atoms with E-state index in [-0.39, 0.29) is 29.0 Å². The number of ether oxygens (including phenoxy) is 1. The summed E-state index contributed by atoms with van der Waals surface area (Å²) in [4.78, 5) is 15.8. The maximum Gasteiger partial charge on any atom is 0.252 e. The molecule has 0 saturated carbocycles. The van der Waals surface area contributed by atoms with Gasteiger partial charge in [0.15, 0.2) is 0 Å². The number of nitrogens with one attached hydrogen (secondary N) is 1. The van der Waals surface area contributed by atoms with Gasteiger partial charge in [0, 0.05) is 23.0 Å². The topological polar surface area (TPSA) is 92.6 Å². The first kappa shape index (κ1) is 23.8. The Morgan fingerprint density at radius 3 is 2.35 bits per heavy atom. The highest BCUT2D eigenvalue weighted by molar-refractivity contribution is 7.89. The Kier molecular flexibility index (Phi) is 6.38. The maximum atomic E-state index is 13.7. The number of benzene rings is 2. The lowest BCUT2D eigenvalue weighted by atomic mass is 9.87. The van der Waals surface area contributed by atoms with Crippen LogP contribution in [0.4, 0.5) is 0 Å². The van der Waals surface area contributed by atoms with E-state index in [0.717, 1.165) is 10.9 Å². The predicted octanol–water partition coefficient (Wildman–Crippen LogP) is 4.82. The number of hydrogen-bond acceptors (Lipinski definition) is 5. The number of aromatic amines is 1. The Balaban J connectivity index is 1.74. The quantitative estimate of drug-likeness (QED) is 0.409. The third-order valence-electron chi connectivity index (χ3n) is 5.75. The summed E-state index contributed by atoms with van der Waals surface area (Å²) < 4.78 is 39.3. The van der Waals surface area contributed by atoms with Crippen LogP contribution in [0.15, 0.2) is 81.0 Å². The molecule has 0 aliphatic rings. The number of rotatable bonds is 7. The molecule has 2 aromatic carbocycles. The van der Waals surface area contributed by atoms with E-state index in [1.54, 1.807) is 55.6 Å². The molecular weight excluding hydrogens is 452 g/mol. The number of fused-ring (bicyclic) bond motifs is 1. The number of pyridine rings is 1. The highest BCUT2D eigenvalue weighted by Crippen LogP contribution is 2.27. The van der Waals surface area contributed by atoms with E-state index in [4.69, 9.17) is 9.15 Å². The average Bonchev–Trinajstić information content (AvgIpc) is 3.31. The zero-order valence-electron chi connectivity index (χ0n) is 19.7. The molecule has 0 aliphatic carbocycles. The van der Waals surface area contributed by atoms with Crippen LogP contribution in [0.25, 0.3) is 10.9 Å². The summed E-state index contributed by atoms with van der Waals surface area (Å²) >= 11 is 0. The minimum Gasteiger partial charge on any atom is -0.497 e. The first-order valence-corrected chi connectivity index (χ1v) is 12.3. The smallest absolute Gasteiger partial charge is 0.252 e. The molecule has 0 radical (unpaired) electrons. The van der Waals surface area contributed by atoms with Gasteiger partial charge in [0.05, 0.1) is 24.8 Å². The average molecular weight is 481 g/mol. The van der Waals surface area contributed by atoms with Crippen molar-refractivity contribution < 1.29 is 17.6 Å². The fourth-order valence-electron chi connectivity index (χ4n) is 3.74. The zero-order chi connectivity index (χ0) is 24.5. The summed E-state index contributed by atoms with van der Waals surface area (Å²) in [5.74, 6) is 1.12. The number of methoxy groups -OCH3 is 1. The van der Waals surface area contributed by atoms with Gasteiger partial charge >= 0.3 is 0 Å². The number of aromatic nitrogens is 1. The number of H-pyrrole nitrogens is 1. The Morgan fingerprint density at radius 2 is 1.74 bits per heavy atom. The zero-order valence-corrected chi connectivity index (χ0v) is 20.5. The maximum absolute atomic E-state index is 13.7. The first-order chi connectivity index (χ1) is 16.1. The highest BCUT2D eigenvalue weighted by Gasteiger charge is 2.27. The summed E-state index contributed by atoms with van der Waals surface area (Å²) in [7, 11) is -2.36. The summed E-state index contributed by atoms with van der Waals surface area (Å²) in [6.07, 6.45) is 1.49. The van der Waals surface area contributed by atoms with Crippen molar-refractivity contribution in [2.45, 2.75) is 44.2 Å². The van der Waals surface area contributed by atoms with Gasteiger partial charge in [-0.15, -0.1) is 0 Å². The van der Waals surface area contributed by atoms with E-state index < -0.39 is 10.0 Å². The second-order valence-electron chi connectivity index (χ2n) is 9.20. The molecule has 0 bridgehead atoms. The number of nitrogens with zero attached hydrogens (tertiary/aromatic N) is 1. The molecule has 4 aromatic rings. The van der Waals surface area contributed by atoms with Gasteiger partial charge in [-0.2, -0.15) is 4.31 Å². The van der Waals surface area contributed by atoms with Gasteiger partial charge in [0.1, 0.15) is 11.5 Å². The van der Waals surface area contributed by atoms with Crippen LogP contribution >= 0.6 is 0 Å². The van der Waals surface area contributed by atoms with Gasteiger partial charge in [-0.3, -0.25) is 4.79 Å². The van der Waals surface area contributed by atoms with Gasteiger partial charge < -0.3 is 14.1 Å². The van der Waals surface area contributed by atoms with Crippen molar-refractivity contribution in [2.75, 3.05) is 7.11 Å². The summed E-state index contributed by atoms with van der Waals surface area (Å²) in [5.41, 5.74) is 1.55. The second kappa shape index (κ2) is 9.12. The van der Waals surface area contributed by atoms with E-state index in [2.05, 4.69) is 25.8 Å². The Bertz CT molecular complexity index is 1450. The number of hydrogen-bond donors (Lipinski definition) is 1. The molecule has 34 heavy (non-hydrogen) atoms. The van der Waals surface area contributed by atoms with Crippen molar-refractivity contribution >= 4 is 20.9 Å². The molecule has 2 aromatic heterocycles. The van der Waals surface area contributed by atoms with Crippen LogP contribution in [0.3, 0.4) is 0 Å². The van der Waals surface area contributed by atoms with Gasteiger partial charge in [0.2, 0.25) is 10.0 Å². The molecule has 4 rings (SSSR count). The highest BCUT2D eigenvalue weighted by atomic mass is 32.2. The Labute approximate surface area is 199 Å². The minimum absolute atomic E-state index is 0.00799. The lowest BCUT2D eigenvalue weighted by molar-refractivity contribution is 0.357. The van der Waals surface area contributed by atoms with Crippen molar-refractivity contribution in [3.63, 3.8) is 0 Å². The molecule has 0 unspecified atom stereocenters. The fourth-order valence-corrected chi connectivity index (χ4v) is 5.13. The van der Waals surface area contributed by atoms with E-state index in [1.165, 1.54) is 10.6 Å². The number of sulfonamides is 1. The second-order valence-corrected chi connectivity index (χ2v) is 11.1. The van der Waals surface area contributed by atoms with Crippen LogP contribution in [0.2, 0.25) is 0 Å². The van der Waals surface area contributed by atoms with Crippen LogP contribution in [-0.4, -0.2) is 24.8 Å². The van der Waals surface area contributed by atoms with E-state index >= 15 is 0 Å². The Hall–Kier alpha value is -3.36. The molecule has 1 N–H and O–H groups in total. The normalized spacial score (nSPS) is 12.4. The largest absolute Gasteiger partial charge is 0.497 e. The molecule has 0 spiro atoms. The van der Waals surface area contributed by atoms with E-state index in [1.807, 2.05) is 12.1 Å². The van der Waals surface area contributed by atoms with Crippen molar-refractivity contribution in [3.05, 3.63) is 94.2 Å². The standard InChI is InChI=1S/C26H28N2O5S/c1-26(2,3)20-7-10-23(11-8-20)34(30,31)28(17-22-6-5-13-33-22)16-19-14-18-15-21(32-4)9-12-24(18)27-25(19)29/h5-15H,16-17H2,1-4H3,(H,27,29). The molecule has 8 heteroatoms. The van der Waals surface area contributed by atoms with Gasteiger partial charge in [-0.1, -0.05) is 32.9 Å². The molecule has 7 nitrogen and oxygen atoms in total. The molecule has 2 heterocycles. The summed E-state index contributed by atoms with van der Waals surface area (Å²) in [6.45, 7) is 6.08. The van der Waals surface area contributed by atoms with Crippen LogP contribution < -0.4 is 10.3 Å². The molecule has 0 saturated heterocycles. The molecule has 178 valence electrons. The van der Waals surface area contributed by atoms with Gasteiger partial charge in [0.25, 0.3) is 5.56 Å². The van der Waals surface area contributed by atoms with Crippen molar-refractivity contribution in [1.82, 2.24) is 9.29 Å². The van der Waals surface area contributed by atoms with Gasteiger partial charge in [-0.05, 0) is 59.5 Å². The van der Waals surface area contributed by atoms with Crippen LogP contribution in [0.1, 0.15) is 37.7 Å². The fraction of sp³-hybridized carbons (Fsp3) is 0.269. The van der Waals surface area contributed by atoms with Crippen LogP contribution in [0, 0.1) is 0 Å². The lowest BCUT2D eigenvalue weighted by Crippen LogP contribution is -2.32. The molecule has 0 atom stereocenters.